The molecule has 0 bridgehead atoms. The van der Waals surface area contributed by atoms with Gasteiger partial charge in [0.25, 0.3) is 15.9 Å². The van der Waals surface area contributed by atoms with Crippen LogP contribution in [-0.4, -0.2) is 25.2 Å². The van der Waals surface area contributed by atoms with Crippen molar-refractivity contribution in [1.29, 1.82) is 0 Å². The fraction of sp³-hybridized carbons (Fsp3) is 0.0455. The van der Waals surface area contributed by atoms with Crippen LogP contribution in [0.2, 0.25) is 0 Å². The zero-order valence-electron chi connectivity index (χ0n) is 16.8. The van der Waals surface area contributed by atoms with Gasteiger partial charge in [0.15, 0.2) is 5.13 Å². The third kappa shape index (κ3) is 4.93. The number of fused-ring (bicyclic) bond motifs is 1. The molecule has 2 amide bonds. The van der Waals surface area contributed by atoms with Crippen LogP contribution < -0.4 is 15.4 Å². The van der Waals surface area contributed by atoms with Crippen LogP contribution in [0.25, 0.3) is 10.2 Å². The molecule has 8 nitrogen and oxygen atoms in total. The Morgan fingerprint density at radius 2 is 1.56 bits per heavy atom. The lowest BCUT2D eigenvalue weighted by Crippen LogP contribution is -2.13. The number of hydrogen-bond donors (Lipinski definition) is 3. The van der Waals surface area contributed by atoms with E-state index in [-0.39, 0.29) is 16.7 Å². The number of thiazole rings is 1. The minimum Gasteiger partial charge on any atom is -0.326 e. The number of anilines is 3. The van der Waals surface area contributed by atoms with Gasteiger partial charge in [-0.3, -0.25) is 19.6 Å². The van der Waals surface area contributed by atoms with E-state index in [9.17, 15) is 18.0 Å². The molecule has 0 atom stereocenters. The highest BCUT2D eigenvalue weighted by Crippen LogP contribution is 2.29. The molecule has 3 aromatic carbocycles. The Kier molecular flexibility index (Phi) is 5.89. The van der Waals surface area contributed by atoms with Gasteiger partial charge in [0, 0.05) is 18.2 Å². The van der Waals surface area contributed by atoms with Crippen LogP contribution in [0.1, 0.15) is 17.3 Å². The quantitative estimate of drug-likeness (QED) is 0.391. The number of sulfonamides is 1. The molecule has 32 heavy (non-hydrogen) atoms. The fourth-order valence-corrected chi connectivity index (χ4v) is 4.83. The summed E-state index contributed by atoms with van der Waals surface area (Å²) < 4.78 is 28.7. The lowest BCUT2D eigenvalue weighted by atomic mass is 10.2. The SMILES string of the molecule is CC(=O)Nc1ccc(S(=O)(=O)Nc2ccc3sc(NC(=O)c4ccccc4)nc3c2)cc1. The highest BCUT2D eigenvalue weighted by molar-refractivity contribution is 7.92. The maximum atomic E-state index is 12.7. The molecule has 162 valence electrons. The molecule has 0 unspecified atom stereocenters. The Morgan fingerprint density at radius 1 is 0.875 bits per heavy atom. The van der Waals surface area contributed by atoms with Gasteiger partial charge in [0.1, 0.15) is 0 Å². The van der Waals surface area contributed by atoms with Gasteiger partial charge in [-0.1, -0.05) is 29.5 Å². The molecule has 1 aromatic heterocycles. The molecule has 0 spiro atoms. The van der Waals surface area contributed by atoms with Crippen molar-refractivity contribution < 1.29 is 18.0 Å². The molecule has 0 fully saturated rings. The van der Waals surface area contributed by atoms with E-state index in [0.29, 0.717) is 27.6 Å². The maximum absolute atomic E-state index is 12.7. The highest BCUT2D eigenvalue weighted by atomic mass is 32.2. The number of rotatable bonds is 6. The van der Waals surface area contributed by atoms with Gasteiger partial charge in [-0.05, 0) is 54.6 Å². The van der Waals surface area contributed by atoms with Crippen LogP contribution >= 0.6 is 11.3 Å². The summed E-state index contributed by atoms with van der Waals surface area (Å²) in [5.41, 5.74) is 1.92. The summed E-state index contributed by atoms with van der Waals surface area (Å²) in [6, 6.07) is 19.6. The first kappa shape index (κ1) is 21.5. The Hall–Kier alpha value is -3.76. The van der Waals surface area contributed by atoms with E-state index in [0.717, 1.165) is 4.70 Å². The molecule has 0 aliphatic carbocycles. The molecule has 10 heteroatoms. The molecule has 0 saturated carbocycles. The van der Waals surface area contributed by atoms with Crippen molar-refractivity contribution in [2.45, 2.75) is 11.8 Å². The van der Waals surface area contributed by atoms with Crippen LogP contribution in [0.4, 0.5) is 16.5 Å². The molecular weight excluding hydrogens is 448 g/mol. The molecule has 0 saturated heterocycles. The van der Waals surface area contributed by atoms with Crippen molar-refractivity contribution >= 4 is 59.9 Å². The number of carbonyl (C=O) groups is 2. The smallest absolute Gasteiger partial charge is 0.261 e. The molecular formula is C22H18N4O4S2. The van der Waals surface area contributed by atoms with Gasteiger partial charge in [0.2, 0.25) is 5.91 Å². The van der Waals surface area contributed by atoms with E-state index in [1.807, 2.05) is 6.07 Å². The van der Waals surface area contributed by atoms with Crippen molar-refractivity contribution in [3.8, 4) is 0 Å². The zero-order valence-corrected chi connectivity index (χ0v) is 18.5. The number of nitrogens with zero attached hydrogens (tertiary/aromatic N) is 1. The standard InChI is InChI=1S/C22H18N4O4S2/c1-14(27)23-16-7-10-18(11-8-16)32(29,30)26-17-9-12-20-19(13-17)24-22(31-20)25-21(28)15-5-3-2-4-6-15/h2-13,26H,1H3,(H,23,27)(H,24,25,28). The predicted octanol–water partition coefficient (Wildman–Crippen LogP) is 4.31. The summed E-state index contributed by atoms with van der Waals surface area (Å²) in [4.78, 5) is 27.9. The van der Waals surface area contributed by atoms with Crippen LogP contribution in [0.15, 0.2) is 77.7 Å². The van der Waals surface area contributed by atoms with E-state index in [1.165, 1.54) is 42.5 Å². The Labute approximate surface area is 188 Å². The normalized spacial score (nSPS) is 11.2. The minimum atomic E-state index is -3.83. The molecule has 3 N–H and O–H groups in total. The number of aromatic nitrogens is 1. The second-order valence-corrected chi connectivity index (χ2v) is 9.55. The van der Waals surface area contributed by atoms with Gasteiger partial charge in [-0.25, -0.2) is 13.4 Å². The summed E-state index contributed by atoms with van der Waals surface area (Å²) in [6.07, 6.45) is 0. The number of hydrogen-bond acceptors (Lipinski definition) is 6. The Balaban J connectivity index is 1.51. The second kappa shape index (κ2) is 8.77. The molecule has 4 rings (SSSR count). The first-order chi connectivity index (χ1) is 15.3. The Morgan fingerprint density at radius 3 is 2.25 bits per heavy atom. The predicted molar refractivity (Wildman–Crippen MR) is 126 cm³/mol. The van der Waals surface area contributed by atoms with E-state index in [4.69, 9.17) is 0 Å². The van der Waals surface area contributed by atoms with Crippen molar-refractivity contribution in [3.63, 3.8) is 0 Å². The number of nitrogens with one attached hydrogen (secondary N) is 3. The molecule has 0 radical (unpaired) electrons. The maximum Gasteiger partial charge on any atom is 0.261 e. The topological polar surface area (TPSA) is 117 Å². The van der Waals surface area contributed by atoms with Crippen molar-refractivity contribution in [3.05, 3.63) is 78.4 Å². The first-order valence-electron chi connectivity index (χ1n) is 9.48. The summed E-state index contributed by atoms with van der Waals surface area (Å²) >= 11 is 1.29. The van der Waals surface area contributed by atoms with E-state index in [2.05, 4.69) is 20.3 Å². The third-order valence-corrected chi connectivity index (χ3v) is 6.73. The summed E-state index contributed by atoms with van der Waals surface area (Å²) in [5.74, 6) is -0.511. The van der Waals surface area contributed by atoms with Gasteiger partial charge < -0.3 is 5.32 Å². The third-order valence-electron chi connectivity index (χ3n) is 4.38. The molecule has 1 heterocycles. The van der Waals surface area contributed by atoms with Crippen LogP contribution in [-0.2, 0) is 14.8 Å². The monoisotopic (exact) mass is 466 g/mol. The van der Waals surface area contributed by atoms with Crippen molar-refractivity contribution in [1.82, 2.24) is 4.98 Å². The van der Waals surface area contributed by atoms with Crippen LogP contribution in [0.3, 0.4) is 0 Å². The lowest BCUT2D eigenvalue weighted by molar-refractivity contribution is -0.114. The minimum absolute atomic E-state index is 0.0563. The molecule has 0 aliphatic rings. The fourth-order valence-electron chi connectivity index (χ4n) is 2.94. The van der Waals surface area contributed by atoms with E-state index in [1.54, 1.807) is 42.5 Å². The number of carbonyl (C=O) groups excluding carboxylic acids is 2. The first-order valence-corrected chi connectivity index (χ1v) is 11.8. The number of benzene rings is 3. The summed E-state index contributed by atoms with van der Waals surface area (Å²) in [7, 11) is -3.83. The average molecular weight is 467 g/mol. The largest absolute Gasteiger partial charge is 0.326 e. The van der Waals surface area contributed by atoms with Gasteiger partial charge in [-0.15, -0.1) is 0 Å². The van der Waals surface area contributed by atoms with E-state index >= 15 is 0 Å². The molecule has 4 aromatic rings. The van der Waals surface area contributed by atoms with Gasteiger partial charge in [0.05, 0.1) is 20.8 Å². The molecule has 0 aliphatic heterocycles. The van der Waals surface area contributed by atoms with Gasteiger partial charge in [-0.2, -0.15) is 0 Å². The van der Waals surface area contributed by atoms with Gasteiger partial charge >= 0.3 is 0 Å². The lowest BCUT2D eigenvalue weighted by Gasteiger charge is -2.09. The number of amides is 2. The Bertz CT molecular complexity index is 1400. The van der Waals surface area contributed by atoms with E-state index < -0.39 is 10.0 Å². The summed E-state index contributed by atoms with van der Waals surface area (Å²) in [5, 5.41) is 5.77. The van der Waals surface area contributed by atoms with Crippen LogP contribution in [0, 0.1) is 0 Å². The summed E-state index contributed by atoms with van der Waals surface area (Å²) in [6.45, 7) is 1.37. The van der Waals surface area contributed by atoms with Crippen molar-refractivity contribution in [2.75, 3.05) is 15.4 Å². The van der Waals surface area contributed by atoms with Crippen LogP contribution in [0.5, 0.6) is 0 Å². The highest BCUT2D eigenvalue weighted by Gasteiger charge is 2.16. The second-order valence-electron chi connectivity index (χ2n) is 6.83. The van der Waals surface area contributed by atoms with Crippen molar-refractivity contribution in [2.24, 2.45) is 0 Å². The zero-order chi connectivity index (χ0) is 22.7. The average Bonchev–Trinajstić information content (AvgIpc) is 3.15.